The van der Waals surface area contributed by atoms with Gasteiger partial charge in [0.2, 0.25) is 0 Å². The highest BCUT2D eigenvalue weighted by Crippen LogP contribution is 2.11. The molecule has 0 radical (unpaired) electrons. The summed E-state index contributed by atoms with van der Waals surface area (Å²) in [5.41, 5.74) is 2.63. The van der Waals surface area contributed by atoms with E-state index in [0.29, 0.717) is 11.8 Å². The highest BCUT2D eigenvalue weighted by atomic mass is 32.2. The Balaban J connectivity index is 2.34. The number of benzene rings is 1. The third-order valence-electron chi connectivity index (χ3n) is 3.76. The van der Waals surface area contributed by atoms with Crippen molar-refractivity contribution in [1.82, 2.24) is 5.32 Å². The molecule has 1 N–H and O–H groups in total. The van der Waals surface area contributed by atoms with E-state index in [2.05, 4.69) is 36.5 Å². The first-order chi connectivity index (χ1) is 9.46. The van der Waals surface area contributed by atoms with Crippen LogP contribution in [0.15, 0.2) is 24.3 Å². The number of aryl methyl sites for hydroxylation is 2. The number of rotatable bonds is 9. The average molecular weight is 297 g/mol. The van der Waals surface area contributed by atoms with Crippen molar-refractivity contribution >= 4 is 9.84 Å². The van der Waals surface area contributed by atoms with E-state index in [1.165, 1.54) is 11.1 Å². The van der Waals surface area contributed by atoms with Crippen molar-refractivity contribution < 1.29 is 8.42 Å². The van der Waals surface area contributed by atoms with Gasteiger partial charge in [-0.2, -0.15) is 0 Å². The van der Waals surface area contributed by atoms with Crippen molar-refractivity contribution in [3.05, 3.63) is 35.4 Å². The molecule has 114 valence electrons. The Labute approximate surface area is 123 Å². The van der Waals surface area contributed by atoms with Gasteiger partial charge in [0.05, 0.1) is 5.75 Å². The standard InChI is InChI=1S/C16H27NO2S/c1-4-20(18,19)13-5-6-16(17-3)12-11-15-9-7-14(2)8-10-15/h7-10,16-17H,4-6,11-13H2,1-3H3. The summed E-state index contributed by atoms with van der Waals surface area (Å²) in [7, 11) is -0.871. The largest absolute Gasteiger partial charge is 0.317 e. The minimum absolute atomic E-state index is 0.251. The molecule has 0 fully saturated rings. The monoisotopic (exact) mass is 297 g/mol. The molecule has 1 rings (SSSR count). The van der Waals surface area contributed by atoms with Gasteiger partial charge in [0.25, 0.3) is 0 Å². The lowest BCUT2D eigenvalue weighted by Crippen LogP contribution is -2.26. The molecule has 1 aromatic carbocycles. The summed E-state index contributed by atoms with van der Waals surface area (Å²) in [6.45, 7) is 3.80. The van der Waals surface area contributed by atoms with Crippen LogP contribution in [-0.4, -0.2) is 33.0 Å². The van der Waals surface area contributed by atoms with Crippen LogP contribution < -0.4 is 5.32 Å². The zero-order valence-corrected chi connectivity index (χ0v) is 13.7. The van der Waals surface area contributed by atoms with E-state index in [1.807, 2.05) is 7.05 Å². The molecule has 1 aromatic rings. The molecule has 3 nitrogen and oxygen atoms in total. The molecular formula is C16H27NO2S. The average Bonchev–Trinajstić information content (AvgIpc) is 2.44. The summed E-state index contributed by atoms with van der Waals surface area (Å²) in [5, 5.41) is 3.29. The van der Waals surface area contributed by atoms with E-state index >= 15 is 0 Å². The fourth-order valence-corrected chi connectivity index (χ4v) is 3.12. The second kappa shape index (κ2) is 8.42. The maximum absolute atomic E-state index is 11.5. The quantitative estimate of drug-likeness (QED) is 0.762. The summed E-state index contributed by atoms with van der Waals surface area (Å²) >= 11 is 0. The van der Waals surface area contributed by atoms with Gasteiger partial charge in [-0.3, -0.25) is 0 Å². The lowest BCUT2D eigenvalue weighted by molar-refractivity contribution is 0.482. The fourth-order valence-electron chi connectivity index (χ4n) is 2.22. The zero-order chi connectivity index (χ0) is 15.0. The third kappa shape index (κ3) is 6.53. The van der Waals surface area contributed by atoms with Crippen LogP contribution >= 0.6 is 0 Å². The van der Waals surface area contributed by atoms with Gasteiger partial charge < -0.3 is 5.32 Å². The zero-order valence-electron chi connectivity index (χ0n) is 12.9. The van der Waals surface area contributed by atoms with Crippen LogP contribution in [0.3, 0.4) is 0 Å². The summed E-state index contributed by atoms with van der Waals surface area (Å²) < 4.78 is 22.9. The Morgan fingerprint density at radius 1 is 1.15 bits per heavy atom. The van der Waals surface area contributed by atoms with E-state index in [0.717, 1.165) is 25.7 Å². The van der Waals surface area contributed by atoms with Crippen molar-refractivity contribution in [3.63, 3.8) is 0 Å². The van der Waals surface area contributed by atoms with E-state index in [9.17, 15) is 8.42 Å². The second-order valence-electron chi connectivity index (χ2n) is 5.39. The Hall–Kier alpha value is -0.870. The lowest BCUT2D eigenvalue weighted by Gasteiger charge is -2.16. The van der Waals surface area contributed by atoms with Crippen molar-refractivity contribution in [2.45, 2.75) is 45.6 Å². The summed E-state index contributed by atoms with van der Waals surface area (Å²) in [6, 6.07) is 9.01. The van der Waals surface area contributed by atoms with E-state index in [4.69, 9.17) is 0 Å². The van der Waals surface area contributed by atoms with E-state index in [-0.39, 0.29) is 5.75 Å². The normalized spacial score (nSPS) is 13.3. The summed E-state index contributed by atoms with van der Waals surface area (Å²) in [5.74, 6) is 0.562. The molecule has 0 saturated heterocycles. The Morgan fingerprint density at radius 2 is 1.80 bits per heavy atom. The van der Waals surface area contributed by atoms with Gasteiger partial charge in [-0.1, -0.05) is 36.8 Å². The topological polar surface area (TPSA) is 46.2 Å². The van der Waals surface area contributed by atoms with Crippen LogP contribution in [0.25, 0.3) is 0 Å². The maximum Gasteiger partial charge on any atom is 0.150 e. The van der Waals surface area contributed by atoms with E-state index < -0.39 is 9.84 Å². The predicted octanol–water partition coefficient (Wildman–Crippen LogP) is 2.73. The van der Waals surface area contributed by atoms with Gasteiger partial charge in [0.15, 0.2) is 0 Å². The van der Waals surface area contributed by atoms with Crippen molar-refractivity contribution in [3.8, 4) is 0 Å². The van der Waals surface area contributed by atoms with Crippen LogP contribution in [0.1, 0.15) is 37.3 Å². The maximum atomic E-state index is 11.5. The molecule has 4 heteroatoms. The molecule has 0 heterocycles. The lowest BCUT2D eigenvalue weighted by atomic mass is 10.0. The molecule has 1 unspecified atom stereocenters. The first kappa shape index (κ1) is 17.2. The molecule has 0 spiro atoms. The highest BCUT2D eigenvalue weighted by molar-refractivity contribution is 7.91. The summed E-state index contributed by atoms with van der Waals surface area (Å²) in [4.78, 5) is 0. The SMILES string of the molecule is CCS(=O)(=O)CCCC(CCc1ccc(C)cc1)NC. The van der Waals surface area contributed by atoms with Crippen LogP contribution in [0.5, 0.6) is 0 Å². The molecular weight excluding hydrogens is 270 g/mol. The number of nitrogens with one attached hydrogen (secondary N) is 1. The first-order valence-corrected chi connectivity index (χ1v) is 9.22. The Kier molecular flexibility index (Phi) is 7.24. The van der Waals surface area contributed by atoms with Crippen LogP contribution in [0.2, 0.25) is 0 Å². The number of sulfone groups is 1. The molecule has 0 amide bonds. The molecule has 0 aliphatic carbocycles. The minimum Gasteiger partial charge on any atom is -0.317 e. The van der Waals surface area contributed by atoms with Gasteiger partial charge in [-0.25, -0.2) is 8.42 Å². The Bertz CT molecular complexity index is 480. The second-order valence-corrected chi connectivity index (χ2v) is 7.86. The first-order valence-electron chi connectivity index (χ1n) is 7.40. The van der Waals surface area contributed by atoms with Gasteiger partial charge in [-0.05, 0) is 45.2 Å². The van der Waals surface area contributed by atoms with Gasteiger partial charge in [0, 0.05) is 11.8 Å². The molecule has 20 heavy (non-hydrogen) atoms. The predicted molar refractivity (Wildman–Crippen MR) is 85.9 cm³/mol. The molecule has 0 saturated carbocycles. The number of hydrogen-bond acceptors (Lipinski definition) is 3. The molecule has 0 aliphatic rings. The van der Waals surface area contributed by atoms with Crippen molar-refractivity contribution in [2.75, 3.05) is 18.6 Å². The van der Waals surface area contributed by atoms with Crippen LogP contribution in [0.4, 0.5) is 0 Å². The van der Waals surface area contributed by atoms with Crippen LogP contribution in [0, 0.1) is 6.92 Å². The smallest absolute Gasteiger partial charge is 0.150 e. The molecule has 0 bridgehead atoms. The molecule has 1 atom stereocenters. The van der Waals surface area contributed by atoms with Crippen molar-refractivity contribution in [1.29, 1.82) is 0 Å². The third-order valence-corrected chi connectivity index (χ3v) is 5.55. The van der Waals surface area contributed by atoms with Crippen LogP contribution in [-0.2, 0) is 16.3 Å². The highest BCUT2D eigenvalue weighted by Gasteiger charge is 2.11. The fraction of sp³-hybridized carbons (Fsp3) is 0.625. The van der Waals surface area contributed by atoms with Gasteiger partial charge in [0.1, 0.15) is 9.84 Å². The summed E-state index contributed by atoms with van der Waals surface area (Å²) in [6.07, 6.45) is 3.75. The molecule has 0 aromatic heterocycles. The van der Waals surface area contributed by atoms with Gasteiger partial charge in [-0.15, -0.1) is 0 Å². The molecule has 0 aliphatic heterocycles. The van der Waals surface area contributed by atoms with Gasteiger partial charge >= 0.3 is 0 Å². The minimum atomic E-state index is -2.82. The van der Waals surface area contributed by atoms with Crippen molar-refractivity contribution in [2.24, 2.45) is 0 Å². The Morgan fingerprint density at radius 3 is 2.35 bits per heavy atom. The van der Waals surface area contributed by atoms with E-state index in [1.54, 1.807) is 6.92 Å². The number of hydrogen-bond donors (Lipinski definition) is 1.